The van der Waals surface area contributed by atoms with Crippen molar-refractivity contribution in [1.82, 2.24) is 4.90 Å². The molecule has 0 saturated carbocycles. The summed E-state index contributed by atoms with van der Waals surface area (Å²) < 4.78 is 12.0. The Morgan fingerprint density at radius 2 is 2.25 bits per heavy atom. The van der Waals surface area contributed by atoms with Gasteiger partial charge in [0, 0.05) is 24.9 Å². The van der Waals surface area contributed by atoms with Gasteiger partial charge in [-0.3, -0.25) is 4.79 Å². The Bertz CT molecular complexity index is 347. The molecule has 0 aliphatic carbocycles. The lowest BCUT2D eigenvalue weighted by atomic mass is 9.90. The van der Waals surface area contributed by atoms with Crippen molar-refractivity contribution in [3.63, 3.8) is 0 Å². The summed E-state index contributed by atoms with van der Waals surface area (Å²) in [6.45, 7) is 9.12. The predicted molar refractivity (Wildman–Crippen MR) is 75.5 cm³/mol. The molecule has 0 aromatic carbocycles. The number of carboxylic acids is 1. The molecular formula is C15H27NO4. The Balaban J connectivity index is 1.89. The van der Waals surface area contributed by atoms with Gasteiger partial charge in [-0.1, -0.05) is 0 Å². The van der Waals surface area contributed by atoms with Crippen LogP contribution in [0.5, 0.6) is 0 Å². The van der Waals surface area contributed by atoms with Crippen LogP contribution in [-0.4, -0.2) is 53.6 Å². The highest BCUT2D eigenvalue weighted by molar-refractivity contribution is 5.66. The zero-order valence-electron chi connectivity index (χ0n) is 12.8. The van der Waals surface area contributed by atoms with Crippen molar-refractivity contribution in [2.24, 2.45) is 5.92 Å². The molecule has 1 N–H and O–H groups in total. The molecule has 0 bridgehead atoms. The Labute approximate surface area is 121 Å². The number of hydrogen-bond acceptors (Lipinski definition) is 4. The molecule has 0 aromatic rings. The van der Waals surface area contributed by atoms with Crippen molar-refractivity contribution in [3.8, 4) is 0 Å². The van der Waals surface area contributed by atoms with E-state index in [-0.39, 0.29) is 12.5 Å². The van der Waals surface area contributed by atoms with Crippen LogP contribution in [0.25, 0.3) is 0 Å². The van der Waals surface area contributed by atoms with Crippen LogP contribution in [0.1, 0.15) is 46.5 Å². The minimum atomic E-state index is -0.772. The lowest BCUT2D eigenvalue weighted by Crippen LogP contribution is -2.49. The fraction of sp³-hybridized carbons (Fsp3) is 0.933. The number of hydrogen-bond donors (Lipinski definition) is 1. The smallest absolute Gasteiger partial charge is 0.303 e. The fourth-order valence-electron chi connectivity index (χ4n) is 3.20. The summed E-state index contributed by atoms with van der Waals surface area (Å²) in [6.07, 6.45) is 2.89. The van der Waals surface area contributed by atoms with E-state index in [0.717, 1.165) is 19.5 Å². The number of nitrogens with zero attached hydrogens (tertiary/aromatic N) is 1. The number of carbonyl (C=O) groups is 1. The Morgan fingerprint density at radius 1 is 1.50 bits per heavy atom. The van der Waals surface area contributed by atoms with Gasteiger partial charge in [-0.2, -0.15) is 0 Å². The minimum Gasteiger partial charge on any atom is -0.481 e. The van der Waals surface area contributed by atoms with Crippen LogP contribution in [-0.2, 0) is 14.3 Å². The van der Waals surface area contributed by atoms with Crippen molar-refractivity contribution in [2.45, 2.75) is 64.4 Å². The Hall–Kier alpha value is -0.650. The van der Waals surface area contributed by atoms with Crippen LogP contribution in [0.15, 0.2) is 0 Å². The van der Waals surface area contributed by atoms with Gasteiger partial charge in [0.25, 0.3) is 0 Å². The van der Waals surface area contributed by atoms with Crippen LogP contribution in [0.3, 0.4) is 0 Å². The quantitative estimate of drug-likeness (QED) is 0.838. The first-order chi connectivity index (χ1) is 9.40. The van der Waals surface area contributed by atoms with E-state index in [9.17, 15) is 4.79 Å². The molecule has 5 nitrogen and oxygen atoms in total. The lowest BCUT2D eigenvalue weighted by molar-refractivity contribution is -0.203. The average molecular weight is 285 g/mol. The molecule has 2 aliphatic heterocycles. The molecule has 0 aromatic heterocycles. The molecule has 0 radical (unpaired) electrons. The van der Waals surface area contributed by atoms with E-state index < -0.39 is 11.8 Å². The zero-order chi connectivity index (χ0) is 14.8. The standard InChI is InChI=1S/C15H27NO4/c1-11(2)16-8-4-5-12(9-16)15(3)19-10-13(20-15)6-7-14(17)18/h11-13H,4-10H2,1-3H3,(H,17,18). The van der Waals surface area contributed by atoms with Gasteiger partial charge in [-0.05, 0) is 46.6 Å². The number of rotatable bonds is 5. The molecule has 2 saturated heterocycles. The largest absolute Gasteiger partial charge is 0.481 e. The van der Waals surface area contributed by atoms with Crippen LogP contribution in [0.2, 0.25) is 0 Å². The monoisotopic (exact) mass is 285 g/mol. The second-order valence-electron chi connectivity index (χ2n) is 6.43. The molecule has 116 valence electrons. The Kier molecular flexibility index (Phi) is 5.04. The third-order valence-corrected chi connectivity index (χ3v) is 4.56. The van der Waals surface area contributed by atoms with Gasteiger partial charge in [0.1, 0.15) is 0 Å². The van der Waals surface area contributed by atoms with E-state index in [1.54, 1.807) is 0 Å². The molecule has 5 heteroatoms. The molecule has 2 heterocycles. The molecule has 2 fully saturated rings. The summed E-state index contributed by atoms with van der Waals surface area (Å²) in [7, 11) is 0. The van der Waals surface area contributed by atoms with Crippen LogP contribution in [0.4, 0.5) is 0 Å². The highest BCUT2D eigenvalue weighted by Crippen LogP contribution is 2.37. The van der Waals surface area contributed by atoms with E-state index in [1.165, 1.54) is 6.42 Å². The average Bonchev–Trinajstić information content (AvgIpc) is 2.80. The maximum atomic E-state index is 10.6. The maximum Gasteiger partial charge on any atom is 0.303 e. The number of likely N-dealkylation sites (tertiary alicyclic amines) is 1. The zero-order valence-corrected chi connectivity index (χ0v) is 12.8. The van der Waals surface area contributed by atoms with E-state index >= 15 is 0 Å². The maximum absolute atomic E-state index is 10.6. The third kappa shape index (κ3) is 3.71. The molecule has 0 amide bonds. The van der Waals surface area contributed by atoms with Gasteiger partial charge >= 0.3 is 5.97 Å². The molecule has 0 spiro atoms. The van der Waals surface area contributed by atoms with Crippen LogP contribution < -0.4 is 0 Å². The first-order valence-electron chi connectivity index (χ1n) is 7.68. The predicted octanol–water partition coefficient (Wildman–Crippen LogP) is 2.10. The van der Waals surface area contributed by atoms with Crippen molar-refractivity contribution >= 4 is 5.97 Å². The van der Waals surface area contributed by atoms with Gasteiger partial charge < -0.3 is 19.5 Å². The molecular weight excluding hydrogens is 258 g/mol. The normalized spacial score (nSPS) is 35.6. The lowest BCUT2D eigenvalue weighted by Gasteiger charge is -2.41. The highest BCUT2D eigenvalue weighted by atomic mass is 16.7. The van der Waals surface area contributed by atoms with Crippen molar-refractivity contribution in [1.29, 1.82) is 0 Å². The molecule has 3 unspecified atom stereocenters. The second kappa shape index (κ2) is 6.41. The summed E-state index contributed by atoms with van der Waals surface area (Å²) in [5, 5.41) is 8.75. The minimum absolute atomic E-state index is 0.0782. The molecule has 20 heavy (non-hydrogen) atoms. The Morgan fingerprint density at radius 3 is 2.90 bits per heavy atom. The molecule has 3 atom stereocenters. The summed E-state index contributed by atoms with van der Waals surface area (Å²) in [6, 6.07) is 0.547. The highest BCUT2D eigenvalue weighted by Gasteiger charge is 2.45. The molecule has 2 rings (SSSR count). The van der Waals surface area contributed by atoms with Crippen LogP contribution >= 0.6 is 0 Å². The number of aliphatic carboxylic acids is 1. The molecule has 2 aliphatic rings. The van der Waals surface area contributed by atoms with Gasteiger partial charge in [-0.25, -0.2) is 0 Å². The van der Waals surface area contributed by atoms with E-state index in [1.807, 2.05) is 6.92 Å². The topological polar surface area (TPSA) is 59.0 Å². The summed E-state index contributed by atoms with van der Waals surface area (Å²) in [5.74, 6) is -0.948. The summed E-state index contributed by atoms with van der Waals surface area (Å²) in [5.41, 5.74) is 0. The summed E-state index contributed by atoms with van der Waals surface area (Å²) >= 11 is 0. The van der Waals surface area contributed by atoms with E-state index in [2.05, 4.69) is 18.7 Å². The van der Waals surface area contributed by atoms with Crippen molar-refractivity contribution in [2.75, 3.05) is 19.7 Å². The third-order valence-electron chi connectivity index (χ3n) is 4.56. The number of carboxylic acid groups (broad SMARTS) is 1. The first-order valence-corrected chi connectivity index (χ1v) is 7.68. The van der Waals surface area contributed by atoms with Crippen molar-refractivity contribution in [3.05, 3.63) is 0 Å². The van der Waals surface area contributed by atoms with Gasteiger partial charge in [-0.15, -0.1) is 0 Å². The SMILES string of the molecule is CC(C)N1CCCC(C2(C)OCC(CCC(=O)O)O2)C1. The first kappa shape index (κ1) is 15.7. The van der Waals surface area contributed by atoms with E-state index in [0.29, 0.717) is 25.0 Å². The number of ether oxygens (including phenoxy) is 2. The summed E-state index contributed by atoms with van der Waals surface area (Å²) in [4.78, 5) is 13.1. The van der Waals surface area contributed by atoms with Gasteiger partial charge in [0.2, 0.25) is 0 Å². The van der Waals surface area contributed by atoms with Gasteiger partial charge in [0.15, 0.2) is 5.79 Å². The fourth-order valence-corrected chi connectivity index (χ4v) is 3.20. The van der Waals surface area contributed by atoms with Crippen LogP contribution in [0, 0.1) is 5.92 Å². The number of piperidine rings is 1. The van der Waals surface area contributed by atoms with E-state index in [4.69, 9.17) is 14.6 Å². The van der Waals surface area contributed by atoms with Crippen molar-refractivity contribution < 1.29 is 19.4 Å². The second-order valence-corrected chi connectivity index (χ2v) is 6.43. The van der Waals surface area contributed by atoms with Gasteiger partial charge in [0.05, 0.1) is 12.7 Å².